The van der Waals surface area contributed by atoms with E-state index >= 15 is 0 Å². The van der Waals surface area contributed by atoms with Gasteiger partial charge in [0.1, 0.15) is 5.78 Å². The van der Waals surface area contributed by atoms with Gasteiger partial charge in [-0.05, 0) is 38.2 Å². The van der Waals surface area contributed by atoms with Crippen LogP contribution in [0.4, 0.5) is 0 Å². The Kier molecular flexibility index (Phi) is 11.0. The quantitative estimate of drug-likeness (QED) is 0.367. The summed E-state index contributed by atoms with van der Waals surface area (Å²) in [4.78, 5) is 10.7. The van der Waals surface area contributed by atoms with Crippen molar-refractivity contribution in [2.75, 3.05) is 12.0 Å². The molecule has 0 bridgehead atoms. The average molecular weight is 251 g/mol. The molecule has 0 fully saturated rings. The summed E-state index contributed by atoms with van der Waals surface area (Å²) >= 11 is 3.19. The standard InChI is InChI=1S/C10H21NO2S2/c1-9(12)5-3-4-6-10(15-13-11)7-8-14-2/h10H,3-8,11H2,1-2H3. The first-order chi connectivity index (χ1) is 7.20. The lowest BCUT2D eigenvalue weighted by Gasteiger charge is -2.12. The van der Waals surface area contributed by atoms with Crippen LogP contribution in [0.1, 0.15) is 39.0 Å². The molecule has 90 valence electrons. The van der Waals surface area contributed by atoms with Crippen LogP contribution in [-0.2, 0) is 9.08 Å². The van der Waals surface area contributed by atoms with Crippen molar-refractivity contribution in [3.8, 4) is 0 Å². The zero-order valence-corrected chi connectivity index (χ0v) is 11.2. The molecule has 0 spiro atoms. The largest absolute Gasteiger partial charge is 0.300 e. The van der Waals surface area contributed by atoms with Crippen molar-refractivity contribution in [1.29, 1.82) is 0 Å². The lowest BCUT2D eigenvalue weighted by atomic mass is 10.1. The Balaban J connectivity index is 3.51. The lowest BCUT2D eigenvalue weighted by molar-refractivity contribution is -0.117. The van der Waals surface area contributed by atoms with Gasteiger partial charge in [-0.25, -0.2) is 10.2 Å². The highest BCUT2D eigenvalue weighted by Gasteiger charge is 2.09. The number of rotatable bonds is 10. The molecule has 15 heavy (non-hydrogen) atoms. The first-order valence-electron chi connectivity index (χ1n) is 5.21. The Bertz CT molecular complexity index is 168. The first kappa shape index (κ1) is 15.3. The summed E-state index contributed by atoms with van der Waals surface area (Å²) in [7, 11) is 0. The Morgan fingerprint density at radius 3 is 2.67 bits per heavy atom. The normalized spacial score (nSPS) is 12.7. The summed E-state index contributed by atoms with van der Waals surface area (Å²) in [5.74, 6) is 6.46. The molecule has 0 aliphatic heterocycles. The third-order valence-electron chi connectivity index (χ3n) is 2.14. The number of hydrogen-bond donors (Lipinski definition) is 1. The molecular weight excluding hydrogens is 230 g/mol. The molecule has 0 amide bonds. The second-order valence-electron chi connectivity index (χ2n) is 3.54. The predicted molar refractivity (Wildman–Crippen MR) is 68.8 cm³/mol. The maximum atomic E-state index is 10.7. The number of carbonyl (C=O) groups is 1. The molecular formula is C10H21NO2S2. The minimum absolute atomic E-state index is 0.276. The van der Waals surface area contributed by atoms with Gasteiger partial charge in [0.2, 0.25) is 0 Å². The van der Waals surface area contributed by atoms with Gasteiger partial charge >= 0.3 is 0 Å². The molecule has 0 aromatic carbocycles. The maximum Gasteiger partial charge on any atom is 0.129 e. The number of nitrogens with two attached hydrogens (primary N) is 1. The summed E-state index contributed by atoms with van der Waals surface area (Å²) in [6.45, 7) is 1.64. The highest BCUT2D eigenvalue weighted by Crippen LogP contribution is 2.22. The van der Waals surface area contributed by atoms with Crippen molar-refractivity contribution < 1.29 is 9.08 Å². The second kappa shape index (κ2) is 10.8. The summed E-state index contributed by atoms with van der Waals surface area (Å²) < 4.78 is 4.62. The van der Waals surface area contributed by atoms with E-state index in [0.29, 0.717) is 11.7 Å². The maximum absolute atomic E-state index is 10.7. The molecule has 0 rings (SSSR count). The third kappa shape index (κ3) is 10.6. The van der Waals surface area contributed by atoms with Gasteiger partial charge in [0, 0.05) is 23.7 Å². The SMILES string of the molecule is CSCCC(CCCCC(C)=O)SON. The van der Waals surface area contributed by atoms with Crippen LogP contribution in [0, 0.1) is 0 Å². The fourth-order valence-electron chi connectivity index (χ4n) is 1.31. The van der Waals surface area contributed by atoms with Crippen LogP contribution in [0.15, 0.2) is 0 Å². The monoisotopic (exact) mass is 251 g/mol. The van der Waals surface area contributed by atoms with Crippen LogP contribution < -0.4 is 5.90 Å². The Labute approximate surface area is 101 Å². The molecule has 0 aromatic heterocycles. The van der Waals surface area contributed by atoms with Crippen LogP contribution in [0.25, 0.3) is 0 Å². The zero-order chi connectivity index (χ0) is 11.5. The summed E-state index contributed by atoms with van der Waals surface area (Å²) in [6, 6.07) is 0. The number of hydrogen-bond acceptors (Lipinski definition) is 5. The van der Waals surface area contributed by atoms with Crippen molar-refractivity contribution in [1.82, 2.24) is 0 Å². The van der Waals surface area contributed by atoms with Gasteiger partial charge in [0.15, 0.2) is 0 Å². The highest BCUT2D eigenvalue weighted by atomic mass is 32.2. The van der Waals surface area contributed by atoms with Crippen molar-refractivity contribution in [3.63, 3.8) is 0 Å². The third-order valence-corrected chi connectivity index (χ3v) is 3.64. The van der Waals surface area contributed by atoms with E-state index in [0.717, 1.165) is 31.4 Å². The van der Waals surface area contributed by atoms with E-state index < -0.39 is 0 Å². The fraction of sp³-hybridized carbons (Fsp3) is 0.900. The molecule has 0 saturated heterocycles. The average Bonchev–Trinajstić information content (AvgIpc) is 2.20. The van der Waals surface area contributed by atoms with Crippen LogP contribution in [0.5, 0.6) is 0 Å². The number of ketones is 1. The van der Waals surface area contributed by atoms with E-state index in [2.05, 4.69) is 10.5 Å². The lowest BCUT2D eigenvalue weighted by Crippen LogP contribution is -2.07. The van der Waals surface area contributed by atoms with Crippen LogP contribution in [0.2, 0.25) is 0 Å². The molecule has 0 heterocycles. The van der Waals surface area contributed by atoms with E-state index in [1.807, 2.05) is 11.8 Å². The summed E-state index contributed by atoms with van der Waals surface area (Å²) in [6.07, 6.45) is 7.05. The van der Waals surface area contributed by atoms with Crippen molar-refractivity contribution in [3.05, 3.63) is 0 Å². The molecule has 0 radical (unpaired) electrons. The van der Waals surface area contributed by atoms with Crippen LogP contribution >= 0.6 is 23.8 Å². The van der Waals surface area contributed by atoms with Gasteiger partial charge in [0.25, 0.3) is 0 Å². The molecule has 0 saturated carbocycles. The number of Topliss-reactive ketones (excluding diaryl/α,β-unsaturated/α-hetero) is 1. The molecule has 0 aromatic rings. The number of thioether (sulfide) groups is 1. The number of carbonyl (C=O) groups excluding carboxylic acids is 1. The van der Waals surface area contributed by atoms with Crippen molar-refractivity contribution >= 4 is 29.6 Å². The predicted octanol–water partition coefficient (Wildman–Crippen LogP) is 2.80. The highest BCUT2D eigenvalue weighted by molar-refractivity contribution is 7.98. The minimum Gasteiger partial charge on any atom is -0.300 e. The molecule has 2 N–H and O–H groups in total. The molecule has 0 aliphatic carbocycles. The summed E-state index contributed by atoms with van der Waals surface area (Å²) in [5.41, 5.74) is 0. The van der Waals surface area contributed by atoms with Crippen LogP contribution in [0.3, 0.4) is 0 Å². The van der Waals surface area contributed by atoms with Gasteiger partial charge < -0.3 is 4.79 Å². The zero-order valence-electron chi connectivity index (χ0n) is 9.53. The second-order valence-corrected chi connectivity index (χ2v) is 5.58. The first-order valence-corrected chi connectivity index (χ1v) is 7.41. The van der Waals surface area contributed by atoms with E-state index in [9.17, 15) is 4.79 Å². The van der Waals surface area contributed by atoms with Gasteiger partial charge in [-0.2, -0.15) is 11.8 Å². The van der Waals surface area contributed by atoms with Crippen LogP contribution in [-0.4, -0.2) is 23.0 Å². The molecule has 1 atom stereocenters. The molecule has 3 nitrogen and oxygen atoms in total. The number of unbranched alkanes of at least 4 members (excludes halogenated alkanes) is 1. The van der Waals surface area contributed by atoms with E-state index in [1.54, 1.807) is 6.92 Å². The molecule has 5 heteroatoms. The van der Waals surface area contributed by atoms with Gasteiger partial charge in [-0.15, -0.1) is 0 Å². The van der Waals surface area contributed by atoms with Gasteiger partial charge in [-0.3, -0.25) is 0 Å². The Morgan fingerprint density at radius 1 is 1.40 bits per heavy atom. The van der Waals surface area contributed by atoms with Crippen molar-refractivity contribution in [2.45, 2.75) is 44.3 Å². The molecule has 0 aliphatic rings. The van der Waals surface area contributed by atoms with Gasteiger partial charge in [-0.1, -0.05) is 6.42 Å². The van der Waals surface area contributed by atoms with E-state index in [1.165, 1.54) is 12.0 Å². The van der Waals surface area contributed by atoms with E-state index in [-0.39, 0.29) is 5.78 Å². The Hall–Kier alpha value is 0.290. The van der Waals surface area contributed by atoms with E-state index in [4.69, 9.17) is 5.90 Å². The fourth-order valence-corrected chi connectivity index (χ4v) is 2.62. The molecule has 1 unspecified atom stereocenters. The topological polar surface area (TPSA) is 52.3 Å². The van der Waals surface area contributed by atoms with Gasteiger partial charge in [0.05, 0.1) is 0 Å². The smallest absolute Gasteiger partial charge is 0.129 e. The van der Waals surface area contributed by atoms with Crippen molar-refractivity contribution in [2.24, 2.45) is 5.90 Å². The minimum atomic E-state index is 0.276. The summed E-state index contributed by atoms with van der Waals surface area (Å²) in [5, 5.41) is 0.467. The Morgan fingerprint density at radius 2 is 2.13 bits per heavy atom.